The number of rotatable bonds is 6. The number of aromatic nitrogens is 2. The van der Waals surface area contributed by atoms with E-state index in [4.69, 9.17) is 4.74 Å². The van der Waals surface area contributed by atoms with Crippen molar-refractivity contribution in [1.82, 2.24) is 14.5 Å². The highest BCUT2D eigenvalue weighted by Gasteiger charge is 2.36. The van der Waals surface area contributed by atoms with Crippen molar-refractivity contribution in [3.05, 3.63) is 79.2 Å². The van der Waals surface area contributed by atoms with Crippen LogP contribution in [-0.4, -0.2) is 46.7 Å². The van der Waals surface area contributed by atoms with E-state index in [0.29, 0.717) is 37.0 Å². The van der Waals surface area contributed by atoms with E-state index in [1.807, 2.05) is 0 Å². The molecule has 1 N–H and O–H groups in total. The lowest BCUT2D eigenvalue weighted by Crippen LogP contribution is -2.46. The summed E-state index contributed by atoms with van der Waals surface area (Å²) in [6.07, 6.45) is 0.686. The number of piperidine rings is 1. The molecule has 2 aromatic carbocycles. The van der Waals surface area contributed by atoms with Gasteiger partial charge in [-0.25, -0.2) is 9.18 Å². The predicted octanol–water partition coefficient (Wildman–Crippen LogP) is 3.26. The third-order valence-electron chi connectivity index (χ3n) is 6.17. The van der Waals surface area contributed by atoms with E-state index in [2.05, 4.69) is 25.8 Å². The van der Waals surface area contributed by atoms with Crippen LogP contribution in [0.5, 0.6) is 0 Å². The van der Waals surface area contributed by atoms with Crippen molar-refractivity contribution < 1.29 is 13.9 Å². The maximum atomic E-state index is 13.4. The number of benzene rings is 2. The zero-order chi connectivity index (χ0) is 23.5. The second kappa shape index (κ2) is 10.0. The summed E-state index contributed by atoms with van der Waals surface area (Å²) in [4.78, 5) is 42.9. The monoisotopic (exact) mass is 517 g/mol. The number of nitrogens with one attached hydrogen (secondary N) is 1. The highest BCUT2D eigenvalue weighted by Crippen LogP contribution is 2.34. The molecule has 3 aromatic rings. The molecule has 0 radical (unpaired) electrons. The van der Waals surface area contributed by atoms with Crippen LogP contribution in [0.4, 0.5) is 4.39 Å². The summed E-state index contributed by atoms with van der Waals surface area (Å²) < 4.78 is 20.6. The molecule has 4 rings (SSSR count). The van der Waals surface area contributed by atoms with E-state index in [1.54, 1.807) is 37.3 Å². The number of ether oxygens (including phenoxy) is 1. The molecule has 1 fully saturated rings. The Labute approximate surface area is 198 Å². The molecule has 7 nitrogen and oxygen atoms in total. The van der Waals surface area contributed by atoms with Crippen LogP contribution in [0.3, 0.4) is 0 Å². The number of esters is 1. The Morgan fingerprint density at radius 3 is 2.67 bits per heavy atom. The summed E-state index contributed by atoms with van der Waals surface area (Å²) in [6, 6.07) is 11.4. The van der Waals surface area contributed by atoms with Gasteiger partial charge < -0.3 is 14.6 Å². The van der Waals surface area contributed by atoms with Gasteiger partial charge in [0.15, 0.2) is 0 Å². The fourth-order valence-corrected chi connectivity index (χ4v) is 4.85. The minimum atomic E-state index is -0.460. The van der Waals surface area contributed by atoms with E-state index < -0.39 is 11.6 Å². The Hall–Kier alpha value is -2.78. The minimum absolute atomic E-state index is 0.0787. The molecule has 0 aliphatic carbocycles. The molecule has 33 heavy (non-hydrogen) atoms. The maximum Gasteiger partial charge on any atom is 0.328 e. The lowest BCUT2D eigenvalue weighted by Gasteiger charge is -2.37. The van der Waals surface area contributed by atoms with Crippen LogP contribution in [-0.2, 0) is 16.1 Å². The number of hydrogen-bond donors (Lipinski definition) is 1. The van der Waals surface area contributed by atoms with Gasteiger partial charge in [-0.1, -0.05) is 28.1 Å². The van der Waals surface area contributed by atoms with Crippen molar-refractivity contribution in [2.24, 2.45) is 5.92 Å². The topological polar surface area (TPSA) is 84.4 Å². The van der Waals surface area contributed by atoms with E-state index in [1.165, 1.54) is 16.7 Å². The Morgan fingerprint density at radius 2 is 1.94 bits per heavy atom. The third kappa shape index (κ3) is 5.09. The Balaban J connectivity index is 1.53. The summed E-state index contributed by atoms with van der Waals surface area (Å²) >= 11 is 3.36. The molecule has 2 atom stereocenters. The SMILES string of the molecule is CCOC(=O)[C@H]1CN(CCn2c(=O)[nH]c3ccc(Br)cc3c2=O)CC[C@H]1c1ccc(F)cc1. The first kappa shape index (κ1) is 23.4. The molecule has 0 spiro atoms. The molecule has 0 bridgehead atoms. The summed E-state index contributed by atoms with van der Waals surface area (Å²) in [5.41, 5.74) is 0.588. The summed E-state index contributed by atoms with van der Waals surface area (Å²) in [5.74, 6) is -1.10. The molecule has 0 amide bonds. The van der Waals surface area contributed by atoms with Gasteiger partial charge in [0, 0.05) is 24.1 Å². The van der Waals surface area contributed by atoms with Crippen LogP contribution in [0.15, 0.2) is 56.5 Å². The van der Waals surface area contributed by atoms with Crippen molar-refractivity contribution >= 4 is 32.8 Å². The van der Waals surface area contributed by atoms with Crippen LogP contribution in [0, 0.1) is 11.7 Å². The number of carbonyl (C=O) groups is 1. The number of aromatic amines is 1. The molecule has 1 aliphatic rings. The number of hydrogen-bond acceptors (Lipinski definition) is 5. The van der Waals surface area contributed by atoms with Gasteiger partial charge in [-0.2, -0.15) is 0 Å². The highest BCUT2D eigenvalue weighted by molar-refractivity contribution is 9.10. The van der Waals surface area contributed by atoms with Gasteiger partial charge in [0.2, 0.25) is 0 Å². The second-order valence-corrected chi connectivity index (χ2v) is 9.10. The van der Waals surface area contributed by atoms with Crippen molar-refractivity contribution in [1.29, 1.82) is 0 Å². The lowest BCUT2D eigenvalue weighted by molar-refractivity contribution is -0.150. The first-order chi connectivity index (χ1) is 15.9. The molecule has 1 saturated heterocycles. The van der Waals surface area contributed by atoms with E-state index in [9.17, 15) is 18.8 Å². The molecule has 1 aromatic heterocycles. The fraction of sp³-hybridized carbons (Fsp3) is 0.375. The van der Waals surface area contributed by atoms with E-state index in [0.717, 1.165) is 10.0 Å². The van der Waals surface area contributed by atoms with E-state index in [-0.39, 0.29) is 36.4 Å². The zero-order valence-corrected chi connectivity index (χ0v) is 19.8. The van der Waals surface area contributed by atoms with Gasteiger partial charge in [0.1, 0.15) is 5.82 Å². The highest BCUT2D eigenvalue weighted by atomic mass is 79.9. The predicted molar refractivity (Wildman–Crippen MR) is 127 cm³/mol. The standard InChI is InChI=1S/C24H25BrFN3O4/c1-2-33-23(31)20-14-28(10-9-18(20)15-3-6-17(26)7-4-15)11-12-29-22(30)19-13-16(25)5-8-21(19)27-24(29)32/h3-8,13,18,20H,2,9-12,14H2,1H3,(H,27,32)/t18-,20-/m0/s1. The first-order valence-corrected chi connectivity index (χ1v) is 11.7. The zero-order valence-electron chi connectivity index (χ0n) is 18.2. The normalized spacial score (nSPS) is 19.0. The fourth-order valence-electron chi connectivity index (χ4n) is 4.49. The molecule has 0 unspecified atom stereocenters. The van der Waals surface area contributed by atoms with Crippen LogP contribution >= 0.6 is 15.9 Å². The van der Waals surface area contributed by atoms with Gasteiger partial charge >= 0.3 is 11.7 Å². The maximum absolute atomic E-state index is 13.4. The molecule has 9 heteroatoms. The van der Waals surface area contributed by atoms with Gasteiger partial charge in [0.25, 0.3) is 5.56 Å². The molecular formula is C24H25BrFN3O4. The molecule has 0 saturated carbocycles. The number of fused-ring (bicyclic) bond motifs is 1. The van der Waals surface area contributed by atoms with Crippen molar-refractivity contribution in [2.45, 2.75) is 25.8 Å². The molecule has 174 valence electrons. The summed E-state index contributed by atoms with van der Waals surface area (Å²) in [7, 11) is 0. The summed E-state index contributed by atoms with van der Waals surface area (Å²) in [5, 5.41) is 0.434. The average molecular weight is 518 g/mol. The quantitative estimate of drug-likeness (QED) is 0.507. The third-order valence-corrected chi connectivity index (χ3v) is 6.66. The molecule has 1 aliphatic heterocycles. The number of likely N-dealkylation sites (tertiary alicyclic amines) is 1. The smallest absolute Gasteiger partial charge is 0.328 e. The van der Waals surface area contributed by atoms with Crippen molar-refractivity contribution in [3.8, 4) is 0 Å². The second-order valence-electron chi connectivity index (χ2n) is 8.18. The van der Waals surface area contributed by atoms with Gasteiger partial charge in [-0.3, -0.25) is 14.2 Å². The van der Waals surface area contributed by atoms with Gasteiger partial charge in [-0.05, 0) is 61.7 Å². The van der Waals surface area contributed by atoms with Crippen LogP contribution < -0.4 is 11.2 Å². The van der Waals surface area contributed by atoms with Crippen molar-refractivity contribution in [3.63, 3.8) is 0 Å². The lowest BCUT2D eigenvalue weighted by atomic mass is 9.80. The Morgan fingerprint density at radius 1 is 1.18 bits per heavy atom. The Kier molecular flexibility index (Phi) is 7.09. The van der Waals surface area contributed by atoms with E-state index >= 15 is 0 Å². The number of carbonyl (C=O) groups excluding carboxylic acids is 1. The average Bonchev–Trinajstić information content (AvgIpc) is 2.80. The van der Waals surface area contributed by atoms with Gasteiger partial charge in [0.05, 0.1) is 23.4 Å². The van der Waals surface area contributed by atoms with Crippen LogP contribution in [0.1, 0.15) is 24.8 Å². The van der Waals surface area contributed by atoms with Crippen LogP contribution in [0.25, 0.3) is 10.9 Å². The number of halogens is 2. The Bertz CT molecular complexity index is 1270. The molecular weight excluding hydrogens is 493 g/mol. The van der Waals surface area contributed by atoms with Gasteiger partial charge in [-0.15, -0.1) is 0 Å². The largest absolute Gasteiger partial charge is 0.466 e. The summed E-state index contributed by atoms with van der Waals surface area (Å²) in [6.45, 7) is 3.81. The minimum Gasteiger partial charge on any atom is -0.466 e. The molecule has 2 heterocycles. The number of nitrogens with zero attached hydrogens (tertiary/aromatic N) is 2. The first-order valence-electron chi connectivity index (χ1n) is 10.9. The van der Waals surface area contributed by atoms with Crippen LogP contribution in [0.2, 0.25) is 0 Å². The van der Waals surface area contributed by atoms with Crippen molar-refractivity contribution in [2.75, 3.05) is 26.2 Å². The number of H-pyrrole nitrogens is 1.